The van der Waals surface area contributed by atoms with Crippen LogP contribution in [0.15, 0.2) is 36.4 Å². The first-order valence-corrected chi connectivity index (χ1v) is 6.23. The van der Waals surface area contributed by atoms with Gasteiger partial charge in [-0.1, -0.05) is 0 Å². The minimum absolute atomic E-state index is 0.0602. The van der Waals surface area contributed by atoms with Crippen molar-refractivity contribution < 1.29 is 35.9 Å². The molecule has 2 amide bonds. The smallest absolute Gasteiger partial charge is 0.406 e. The summed E-state index contributed by atoms with van der Waals surface area (Å²) in [5.74, 6) is -5.25. The summed E-state index contributed by atoms with van der Waals surface area (Å²) in [6, 6.07) is 4.52. The van der Waals surface area contributed by atoms with E-state index >= 15 is 0 Å². The van der Waals surface area contributed by atoms with Gasteiger partial charge in [0.15, 0.2) is 17.5 Å². The number of rotatable bonds is 3. The standard InChI is InChI=1S/C14H8F6N2O2/c15-9-5-6-10(12(17)11(9)16)22-13(23)21-7-1-3-8(4-2-7)24-14(18,19)20/h1-6H,(H2,21,22,23). The molecule has 2 aromatic rings. The van der Waals surface area contributed by atoms with Gasteiger partial charge < -0.3 is 15.4 Å². The Balaban J connectivity index is 2.01. The first-order valence-electron chi connectivity index (χ1n) is 6.23. The van der Waals surface area contributed by atoms with Crippen molar-refractivity contribution in [1.82, 2.24) is 0 Å². The molecule has 0 atom stereocenters. The van der Waals surface area contributed by atoms with E-state index in [4.69, 9.17) is 0 Å². The van der Waals surface area contributed by atoms with E-state index in [0.29, 0.717) is 6.07 Å². The third-order valence-electron chi connectivity index (χ3n) is 2.63. The fourth-order valence-corrected chi connectivity index (χ4v) is 1.65. The highest BCUT2D eigenvalue weighted by Crippen LogP contribution is 2.24. The van der Waals surface area contributed by atoms with E-state index in [1.807, 2.05) is 5.32 Å². The summed E-state index contributed by atoms with van der Waals surface area (Å²) in [4.78, 5) is 11.6. The zero-order valence-electron chi connectivity index (χ0n) is 11.5. The van der Waals surface area contributed by atoms with Crippen molar-refractivity contribution in [1.29, 1.82) is 0 Å². The van der Waals surface area contributed by atoms with Crippen LogP contribution in [0, 0.1) is 17.5 Å². The molecular formula is C14H8F6N2O2. The van der Waals surface area contributed by atoms with Gasteiger partial charge in [-0.2, -0.15) is 0 Å². The topological polar surface area (TPSA) is 50.4 Å². The first kappa shape index (κ1) is 17.4. The second kappa shape index (κ2) is 6.69. The average Bonchev–Trinajstić information content (AvgIpc) is 2.48. The van der Waals surface area contributed by atoms with Gasteiger partial charge in [-0.25, -0.2) is 18.0 Å². The van der Waals surface area contributed by atoms with Crippen LogP contribution in [0.4, 0.5) is 42.5 Å². The largest absolute Gasteiger partial charge is 0.573 e. The van der Waals surface area contributed by atoms with Crippen LogP contribution in [0.1, 0.15) is 0 Å². The maximum Gasteiger partial charge on any atom is 0.573 e. The number of hydrogen-bond acceptors (Lipinski definition) is 2. The minimum atomic E-state index is -4.85. The number of nitrogens with one attached hydrogen (secondary N) is 2. The van der Waals surface area contributed by atoms with Crippen LogP contribution in [0.3, 0.4) is 0 Å². The number of benzene rings is 2. The Labute approximate surface area is 131 Å². The van der Waals surface area contributed by atoms with E-state index in [1.165, 1.54) is 0 Å². The maximum absolute atomic E-state index is 13.4. The minimum Gasteiger partial charge on any atom is -0.406 e. The van der Waals surface area contributed by atoms with Gasteiger partial charge in [0.1, 0.15) is 5.75 Å². The Kier molecular flexibility index (Phi) is 4.86. The van der Waals surface area contributed by atoms with Crippen molar-refractivity contribution in [3.05, 3.63) is 53.8 Å². The molecule has 0 aromatic heterocycles. The summed E-state index contributed by atoms with van der Waals surface area (Å²) in [5.41, 5.74) is -0.548. The van der Waals surface area contributed by atoms with Crippen molar-refractivity contribution in [3.8, 4) is 5.75 Å². The second-order valence-corrected chi connectivity index (χ2v) is 4.37. The van der Waals surface area contributed by atoms with Gasteiger partial charge in [0.25, 0.3) is 0 Å². The van der Waals surface area contributed by atoms with Gasteiger partial charge in [0.05, 0.1) is 5.69 Å². The number of alkyl halides is 3. The van der Waals surface area contributed by atoms with E-state index in [0.717, 1.165) is 30.3 Å². The van der Waals surface area contributed by atoms with Crippen LogP contribution in [0.25, 0.3) is 0 Å². The molecule has 128 valence electrons. The predicted molar refractivity (Wildman–Crippen MR) is 72.1 cm³/mol. The van der Waals surface area contributed by atoms with E-state index in [-0.39, 0.29) is 5.69 Å². The monoisotopic (exact) mass is 350 g/mol. The molecule has 24 heavy (non-hydrogen) atoms. The van der Waals surface area contributed by atoms with E-state index in [9.17, 15) is 31.1 Å². The van der Waals surface area contributed by atoms with Crippen LogP contribution < -0.4 is 15.4 Å². The van der Waals surface area contributed by atoms with Crippen molar-refractivity contribution in [2.24, 2.45) is 0 Å². The van der Waals surface area contributed by atoms with E-state index in [2.05, 4.69) is 10.1 Å². The number of amides is 2. The average molecular weight is 350 g/mol. The number of ether oxygens (including phenoxy) is 1. The fraction of sp³-hybridized carbons (Fsp3) is 0.0714. The predicted octanol–water partition coefficient (Wildman–Crippen LogP) is 4.65. The molecular weight excluding hydrogens is 342 g/mol. The Morgan fingerprint density at radius 3 is 2.08 bits per heavy atom. The lowest BCUT2D eigenvalue weighted by Crippen LogP contribution is -2.20. The first-order chi connectivity index (χ1) is 11.2. The molecule has 0 unspecified atom stereocenters. The Morgan fingerprint density at radius 1 is 0.875 bits per heavy atom. The Bertz CT molecular complexity index is 746. The van der Waals surface area contributed by atoms with Crippen LogP contribution >= 0.6 is 0 Å². The molecule has 2 rings (SSSR count). The number of urea groups is 1. The number of carbonyl (C=O) groups is 1. The molecule has 0 radical (unpaired) electrons. The SMILES string of the molecule is O=C(Nc1ccc(OC(F)(F)F)cc1)Nc1ccc(F)c(F)c1F. The highest BCUT2D eigenvalue weighted by Gasteiger charge is 2.30. The molecule has 0 bridgehead atoms. The molecule has 2 aromatic carbocycles. The Hall–Kier alpha value is -2.91. The molecule has 0 saturated heterocycles. The third-order valence-corrected chi connectivity index (χ3v) is 2.63. The van der Waals surface area contributed by atoms with Crippen molar-refractivity contribution in [2.45, 2.75) is 6.36 Å². The fourth-order valence-electron chi connectivity index (χ4n) is 1.65. The molecule has 0 heterocycles. The molecule has 4 nitrogen and oxygen atoms in total. The van der Waals surface area contributed by atoms with Crippen LogP contribution in [0.5, 0.6) is 5.75 Å². The number of carbonyl (C=O) groups excluding carboxylic acids is 1. The van der Waals surface area contributed by atoms with Crippen molar-refractivity contribution in [2.75, 3.05) is 10.6 Å². The summed E-state index contributed by atoms with van der Waals surface area (Å²) in [7, 11) is 0. The van der Waals surface area contributed by atoms with Gasteiger partial charge in [0, 0.05) is 5.69 Å². The maximum atomic E-state index is 13.4. The Morgan fingerprint density at radius 2 is 1.50 bits per heavy atom. The highest BCUT2D eigenvalue weighted by molar-refractivity contribution is 5.99. The van der Waals surface area contributed by atoms with Crippen LogP contribution in [-0.4, -0.2) is 12.4 Å². The number of anilines is 2. The molecule has 0 aliphatic heterocycles. The lowest BCUT2D eigenvalue weighted by Gasteiger charge is -2.11. The van der Waals surface area contributed by atoms with E-state index in [1.54, 1.807) is 0 Å². The molecule has 0 fully saturated rings. The summed E-state index contributed by atoms with van der Waals surface area (Å²) in [6.45, 7) is 0. The molecule has 10 heteroatoms. The number of hydrogen-bond donors (Lipinski definition) is 2. The van der Waals surface area contributed by atoms with Gasteiger partial charge in [-0.3, -0.25) is 0 Å². The lowest BCUT2D eigenvalue weighted by atomic mass is 10.3. The molecule has 0 aliphatic rings. The second-order valence-electron chi connectivity index (χ2n) is 4.37. The van der Waals surface area contributed by atoms with Gasteiger partial charge >= 0.3 is 12.4 Å². The summed E-state index contributed by atoms with van der Waals surface area (Å²) in [6.07, 6.45) is -4.85. The quantitative estimate of drug-likeness (QED) is 0.626. The lowest BCUT2D eigenvalue weighted by molar-refractivity contribution is -0.274. The summed E-state index contributed by atoms with van der Waals surface area (Å²) < 4.78 is 78.8. The zero-order valence-corrected chi connectivity index (χ0v) is 11.5. The van der Waals surface area contributed by atoms with Crippen molar-refractivity contribution in [3.63, 3.8) is 0 Å². The highest BCUT2D eigenvalue weighted by atomic mass is 19.4. The third kappa shape index (κ3) is 4.54. The van der Waals surface area contributed by atoms with Crippen LogP contribution in [-0.2, 0) is 0 Å². The van der Waals surface area contributed by atoms with E-state index < -0.39 is 41.3 Å². The number of halogens is 6. The zero-order chi connectivity index (χ0) is 17.9. The van der Waals surface area contributed by atoms with Gasteiger partial charge in [-0.05, 0) is 36.4 Å². The summed E-state index contributed by atoms with van der Waals surface area (Å²) in [5, 5.41) is 4.11. The molecule has 0 saturated carbocycles. The van der Waals surface area contributed by atoms with Crippen molar-refractivity contribution >= 4 is 17.4 Å². The normalized spacial score (nSPS) is 11.1. The summed E-state index contributed by atoms with van der Waals surface area (Å²) >= 11 is 0. The molecule has 2 N–H and O–H groups in total. The molecule has 0 spiro atoms. The molecule has 0 aliphatic carbocycles. The van der Waals surface area contributed by atoms with Gasteiger partial charge in [-0.15, -0.1) is 13.2 Å². The van der Waals surface area contributed by atoms with Gasteiger partial charge in [0.2, 0.25) is 0 Å². The van der Waals surface area contributed by atoms with Crippen LogP contribution in [0.2, 0.25) is 0 Å².